The minimum absolute atomic E-state index is 0.101. The smallest absolute Gasteiger partial charge is 0.472 e. The average molecular weight is 1160 g/mol. The van der Waals surface area contributed by atoms with Gasteiger partial charge in [-0.25, -0.2) is 9.36 Å². The number of rotatable bonds is 47. The molecule has 79 heavy (non-hydrogen) atoms. The van der Waals surface area contributed by atoms with Crippen molar-refractivity contribution in [3.05, 3.63) is 12.2 Å². The number of phosphoric ester groups is 1. The van der Waals surface area contributed by atoms with Crippen LogP contribution in [0.3, 0.4) is 0 Å². The van der Waals surface area contributed by atoms with Crippen molar-refractivity contribution in [2.75, 3.05) is 26.9 Å². The van der Waals surface area contributed by atoms with Crippen LogP contribution in [0.2, 0.25) is 0 Å². The number of nitrogens with one attached hydrogen (secondary N) is 2. The number of aliphatic hydroxyl groups is 9. The molecule has 2 fully saturated rings. The van der Waals surface area contributed by atoms with Crippen molar-refractivity contribution >= 4 is 25.6 Å². The Morgan fingerprint density at radius 2 is 1.13 bits per heavy atom. The van der Waals surface area contributed by atoms with E-state index in [0.29, 0.717) is 12.8 Å². The van der Waals surface area contributed by atoms with Crippen molar-refractivity contribution in [3.8, 4) is 0 Å². The molecule has 1 saturated heterocycles. The van der Waals surface area contributed by atoms with Gasteiger partial charge in [-0.05, 0) is 19.3 Å². The summed E-state index contributed by atoms with van der Waals surface area (Å²) in [6.07, 6.45) is 11.8. The summed E-state index contributed by atoms with van der Waals surface area (Å²) in [7, 11) is -4.33. The number of unbranched alkanes of at least 4 members (excludes halogenated alkanes) is 27. The highest BCUT2D eigenvalue weighted by molar-refractivity contribution is 7.47. The van der Waals surface area contributed by atoms with E-state index in [-0.39, 0.29) is 6.42 Å². The number of ether oxygens (including phenoxy) is 3. The fourth-order valence-corrected chi connectivity index (χ4v) is 11.2. The molecule has 2 amide bonds. The SMILES string of the molecule is CCCCCCCCCCC/C=C/[C@@H](O)[C@H](COP(=O)(O)O[C@@H]1[C@H](O)[C@H](O[C@]2(C(=O)O)C[C@H](O)[C@@H](NC(=O)CO)[C@H]([C@H](O)[C@H](O)COC)O2)[C@@H](O)[C@H](O)[C@H]1O)NC(=O)CCCCCCCCCCCCCCCCCCCCC. The van der Waals surface area contributed by atoms with Gasteiger partial charge < -0.3 is 80.8 Å². The van der Waals surface area contributed by atoms with E-state index < -0.39 is 137 Å². The number of carbonyl (C=O) groups excluding carboxylic acids is 2. The van der Waals surface area contributed by atoms with Gasteiger partial charge in [0.05, 0.1) is 37.5 Å². The number of hydrogen-bond acceptors (Lipinski definition) is 18. The van der Waals surface area contributed by atoms with E-state index in [1.807, 2.05) is 0 Å². The second kappa shape index (κ2) is 41.7. The molecule has 464 valence electrons. The van der Waals surface area contributed by atoms with Crippen molar-refractivity contribution in [1.82, 2.24) is 10.6 Å². The molecule has 1 aliphatic carbocycles. The molecule has 1 heterocycles. The number of aliphatic hydroxyl groups excluding tert-OH is 9. The van der Waals surface area contributed by atoms with Crippen LogP contribution in [0.15, 0.2) is 12.2 Å². The molecule has 2 aliphatic rings. The molecular weight excluding hydrogens is 1050 g/mol. The highest BCUT2D eigenvalue weighted by Gasteiger charge is 2.61. The van der Waals surface area contributed by atoms with Gasteiger partial charge in [-0.3, -0.25) is 18.6 Å². The third-order valence-corrected chi connectivity index (χ3v) is 16.0. The van der Waals surface area contributed by atoms with Gasteiger partial charge >= 0.3 is 13.8 Å². The fourth-order valence-electron chi connectivity index (χ4n) is 10.2. The van der Waals surface area contributed by atoms with Gasteiger partial charge in [-0.1, -0.05) is 193 Å². The van der Waals surface area contributed by atoms with Crippen LogP contribution in [-0.2, 0) is 42.2 Å². The minimum Gasteiger partial charge on any atom is -0.477 e. The van der Waals surface area contributed by atoms with Gasteiger partial charge in [-0.15, -0.1) is 0 Å². The Balaban J connectivity index is 2.08. The van der Waals surface area contributed by atoms with Crippen LogP contribution in [0, 0.1) is 0 Å². The van der Waals surface area contributed by atoms with Crippen molar-refractivity contribution in [2.24, 2.45) is 0 Å². The Morgan fingerprint density at radius 3 is 1.59 bits per heavy atom. The summed E-state index contributed by atoms with van der Waals surface area (Å²) >= 11 is 0. The lowest BCUT2D eigenvalue weighted by molar-refractivity contribution is -0.350. The first kappa shape index (κ1) is 72.9. The second-order valence-corrected chi connectivity index (χ2v) is 23.3. The summed E-state index contributed by atoms with van der Waals surface area (Å²) in [6, 6.07) is -3.01. The predicted molar refractivity (Wildman–Crippen MR) is 295 cm³/mol. The zero-order chi connectivity index (χ0) is 58.6. The number of carboxylic acid groups (broad SMARTS) is 1. The number of carbonyl (C=O) groups is 3. The predicted octanol–water partition coefficient (Wildman–Crippen LogP) is 5.25. The summed E-state index contributed by atoms with van der Waals surface area (Å²) in [5.41, 5.74) is 0. The molecule has 0 aromatic carbocycles. The Kier molecular flexibility index (Phi) is 38.5. The molecule has 2 rings (SSSR count). The summed E-state index contributed by atoms with van der Waals surface area (Å²) < 4.78 is 40.0. The molecule has 22 nitrogen and oxygen atoms in total. The van der Waals surface area contributed by atoms with Gasteiger partial charge in [0.25, 0.3) is 5.79 Å². The first-order valence-corrected chi connectivity index (χ1v) is 31.3. The number of phosphoric acid groups is 1. The van der Waals surface area contributed by atoms with Crippen LogP contribution >= 0.6 is 7.82 Å². The third kappa shape index (κ3) is 28.3. The molecule has 13 N–H and O–H groups in total. The van der Waals surface area contributed by atoms with E-state index in [1.54, 1.807) is 6.08 Å². The van der Waals surface area contributed by atoms with E-state index >= 15 is 0 Å². The normalized spacial score (nSPS) is 26.8. The van der Waals surface area contributed by atoms with Crippen LogP contribution < -0.4 is 10.6 Å². The van der Waals surface area contributed by atoms with Crippen LogP contribution in [0.25, 0.3) is 0 Å². The maximum Gasteiger partial charge on any atom is 0.472 e. The van der Waals surface area contributed by atoms with Crippen molar-refractivity contribution in [3.63, 3.8) is 0 Å². The molecular formula is C56H105N2O20P. The number of hydrogen-bond donors (Lipinski definition) is 13. The topological polar surface area (TPSA) is 361 Å². The molecule has 23 heteroatoms. The highest BCUT2D eigenvalue weighted by Crippen LogP contribution is 2.48. The Hall–Kier alpha value is -2.22. The first-order chi connectivity index (χ1) is 37.8. The lowest BCUT2D eigenvalue weighted by Crippen LogP contribution is -2.71. The van der Waals surface area contributed by atoms with E-state index in [2.05, 4.69) is 24.5 Å². The third-order valence-electron chi connectivity index (χ3n) is 15.1. The second-order valence-electron chi connectivity index (χ2n) is 21.9. The summed E-state index contributed by atoms with van der Waals surface area (Å²) in [5, 5.41) is 113. The van der Waals surface area contributed by atoms with Crippen molar-refractivity contribution < 1.29 is 98.2 Å². The Bertz CT molecular complexity index is 1700. The molecule has 0 aromatic rings. The quantitative estimate of drug-likeness (QED) is 0.0210. The average Bonchev–Trinajstić information content (AvgIpc) is 3.51. The monoisotopic (exact) mass is 1160 g/mol. The van der Waals surface area contributed by atoms with Crippen LogP contribution in [0.1, 0.15) is 213 Å². The van der Waals surface area contributed by atoms with E-state index in [1.165, 1.54) is 128 Å². The zero-order valence-electron chi connectivity index (χ0n) is 47.7. The van der Waals surface area contributed by atoms with Gasteiger partial charge in [0.2, 0.25) is 11.8 Å². The maximum atomic E-state index is 13.6. The first-order valence-electron chi connectivity index (χ1n) is 29.8. The maximum absolute atomic E-state index is 13.6. The van der Waals surface area contributed by atoms with Gasteiger partial charge in [0.15, 0.2) is 0 Å². The minimum atomic E-state index is -5.49. The number of allylic oxidation sites excluding steroid dienone is 1. The number of amides is 2. The Labute approximate surface area is 470 Å². The highest BCUT2D eigenvalue weighted by atomic mass is 31.2. The standard InChI is InChI=1S/C56H105N2O20P/c1-4-6-8-10-12-14-16-17-18-19-20-21-22-23-25-27-29-31-33-35-44(63)57-40(41(60)34-32-30-28-26-24-15-13-11-9-7-5-2)38-75-79(72,73)78-54-50(68)48(66)49(67)53(51(54)69)77-56(55(70)71)36-42(61)46(58-45(64)37-59)52(76-56)47(65)43(62)39-74-3/h32,34,40-43,46-54,59-62,65-69H,4-31,33,35-39H2,1-3H3,(H,57,63)(H,58,64)(H,70,71)(H,72,73)/b34-32+/t40-,41+,42-,43+,46+,47+,48-,49-,50+,51+,52+,53+,54-,56-/m0/s1. The summed E-state index contributed by atoms with van der Waals surface area (Å²) in [6.45, 7) is 1.91. The number of aliphatic carboxylic acids is 1. The lowest BCUT2D eigenvalue weighted by atomic mass is 9.84. The van der Waals surface area contributed by atoms with E-state index in [4.69, 9.17) is 23.3 Å². The van der Waals surface area contributed by atoms with E-state index in [0.717, 1.165) is 58.5 Å². The van der Waals surface area contributed by atoms with Crippen molar-refractivity contribution in [2.45, 2.75) is 298 Å². The van der Waals surface area contributed by atoms with Crippen molar-refractivity contribution in [1.29, 1.82) is 0 Å². The zero-order valence-corrected chi connectivity index (χ0v) is 48.6. The fraction of sp³-hybridized carbons (Fsp3) is 0.911. The summed E-state index contributed by atoms with van der Waals surface area (Å²) in [5.74, 6) is -6.81. The van der Waals surface area contributed by atoms with Crippen LogP contribution in [0.5, 0.6) is 0 Å². The van der Waals surface area contributed by atoms with E-state index in [9.17, 15) is 74.9 Å². The van der Waals surface area contributed by atoms with Crippen LogP contribution in [0.4, 0.5) is 0 Å². The molecule has 15 atom stereocenters. The number of methoxy groups -OCH3 is 1. The van der Waals surface area contributed by atoms with Gasteiger partial charge in [0, 0.05) is 20.0 Å². The van der Waals surface area contributed by atoms with Crippen LogP contribution in [-0.4, -0.2) is 186 Å². The van der Waals surface area contributed by atoms with Gasteiger partial charge in [-0.2, -0.15) is 0 Å². The lowest BCUT2D eigenvalue weighted by Gasteiger charge is -2.50. The summed E-state index contributed by atoms with van der Waals surface area (Å²) in [4.78, 5) is 49.4. The number of carboxylic acids is 1. The molecule has 1 aliphatic heterocycles. The molecule has 1 saturated carbocycles. The molecule has 0 spiro atoms. The molecule has 1 unspecified atom stereocenters. The molecule has 0 aromatic heterocycles. The molecule has 0 radical (unpaired) electrons. The Morgan fingerprint density at radius 1 is 0.658 bits per heavy atom. The molecule has 0 bridgehead atoms. The largest absolute Gasteiger partial charge is 0.477 e. The van der Waals surface area contributed by atoms with Gasteiger partial charge in [0.1, 0.15) is 61.5 Å².